The molecule has 0 amide bonds. The summed E-state index contributed by atoms with van der Waals surface area (Å²) in [6.07, 6.45) is 0. The van der Waals surface area contributed by atoms with Gasteiger partial charge in [0, 0.05) is 17.7 Å². The van der Waals surface area contributed by atoms with Crippen molar-refractivity contribution < 1.29 is 22.3 Å². The second-order valence-corrected chi connectivity index (χ2v) is 7.85. The number of hydrogen-bond acceptors (Lipinski definition) is 4. The molecule has 0 radical (unpaired) electrons. The summed E-state index contributed by atoms with van der Waals surface area (Å²) in [7, 11) is -1.04. The number of sulfonamides is 1. The molecule has 3 rings (SSSR count). The maximum atomic E-state index is 14.3. The number of nitrogens with zero attached hydrogens (tertiary/aromatic N) is 1. The lowest BCUT2D eigenvalue weighted by Gasteiger charge is -2.25. The number of rotatable bonds is 7. The summed E-state index contributed by atoms with van der Waals surface area (Å²) in [4.78, 5) is 0.0472. The Morgan fingerprint density at radius 2 is 1.50 bits per heavy atom. The van der Waals surface area contributed by atoms with E-state index in [0.717, 1.165) is 4.31 Å². The highest BCUT2D eigenvalue weighted by Crippen LogP contribution is 2.30. The molecule has 0 saturated carbocycles. The van der Waals surface area contributed by atoms with Crippen molar-refractivity contribution in [1.29, 1.82) is 0 Å². The molecule has 0 heterocycles. The molecule has 0 saturated heterocycles. The number of methoxy groups -OCH3 is 2. The summed E-state index contributed by atoms with van der Waals surface area (Å²) in [6, 6.07) is 18.9. The van der Waals surface area contributed by atoms with Gasteiger partial charge in [-0.3, -0.25) is 4.31 Å². The van der Waals surface area contributed by atoms with E-state index in [9.17, 15) is 12.8 Å². The van der Waals surface area contributed by atoms with Crippen LogP contribution in [0.25, 0.3) is 0 Å². The second kappa shape index (κ2) is 8.31. The third-order valence-corrected chi connectivity index (χ3v) is 6.01. The molecule has 0 spiro atoms. The lowest BCUT2D eigenvalue weighted by atomic mass is 10.2. The molecule has 0 aliphatic heterocycles. The van der Waals surface area contributed by atoms with Crippen molar-refractivity contribution in [3.05, 3.63) is 84.2 Å². The minimum atomic E-state index is -4.00. The second-order valence-electron chi connectivity index (χ2n) is 5.98. The van der Waals surface area contributed by atoms with E-state index < -0.39 is 15.8 Å². The van der Waals surface area contributed by atoms with E-state index in [1.807, 2.05) is 0 Å². The maximum Gasteiger partial charge on any atom is 0.264 e. The van der Waals surface area contributed by atoms with E-state index in [-0.39, 0.29) is 17.0 Å². The van der Waals surface area contributed by atoms with Gasteiger partial charge in [-0.25, -0.2) is 12.8 Å². The molecule has 0 atom stereocenters. The van der Waals surface area contributed by atoms with Crippen molar-refractivity contribution in [2.24, 2.45) is 0 Å². The van der Waals surface area contributed by atoms with Crippen LogP contribution in [0.4, 0.5) is 10.1 Å². The lowest BCUT2D eigenvalue weighted by Crippen LogP contribution is -2.31. The molecule has 3 aromatic carbocycles. The standard InChI is InChI=1S/C21H20FNO4S/c1-26-18-9-5-8-17(13-18)23(15-16-7-3-4-12-21(16)22)28(24,25)20-11-6-10-19(14-20)27-2/h3-14H,15H2,1-2H3. The third kappa shape index (κ3) is 4.09. The van der Waals surface area contributed by atoms with Crippen LogP contribution < -0.4 is 13.8 Å². The van der Waals surface area contributed by atoms with Gasteiger partial charge in [-0.15, -0.1) is 0 Å². The minimum Gasteiger partial charge on any atom is -0.497 e. The monoisotopic (exact) mass is 401 g/mol. The highest BCUT2D eigenvalue weighted by atomic mass is 32.2. The summed E-state index contributed by atoms with van der Waals surface area (Å²) in [5, 5.41) is 0. The van der Waals surface area contributed by atoms with Gasteiger partial charge < -0.3 is 9.47 Å². The van der Waals surface area contributed by atoms with Gasteiger partial charge in [0.05, 0.1) is 31.3 Å². The molecule has 7 heteroatoms. The van der Waals surface area contributed by atoms with Gasteiger partial charge in [0.25, 0.3) is 10.0 Å². The summed E-state index contributed by atoms with van der Waals surface area (Å²) >= 11 is 0. The molecule has 0 aliphatic rings. The number of ether oxygens (including phenoxy) is 2. The van der Waals surface area contributed by atoms with Crippen LogP contribution in [0.1, 0.15) is 5.56 Å². The fourth-order valence-corrected chi connectivity index (χ4v) is 4.22. The molecule has 0 unspecified atom stereocenters. The Bertz CT molecular complexity index is 1070. The average Bonchev–Trinajstić information content (AvgIpc) is 2.73. The number of hydrogen-bond donors (Lipinski definition) is 0. The van der Waals surface area contributed by atoms with E-state index in [1.54, 1.807) is 54.6 Å². The largest absolute Gasteiger partial charge is 0.497 e. The first-order chi connectivity index (χ1) is 13.5. The summed E-state index contributed by atoms with van der Waals surface area (Å²) < 4.78 is 52.6. The van der Waals surface area contributed by atoms with E-state index in [4.69, 9.17) is 9.47 Å². The van der Waals surface area contributed by atoms with Gasteiger partial charge >= 0.3 is 0 Å². The van der Waals surface area contributed by atoms with Crippen LogP contribution in [0.15, 0.2) is 77.7 Å². The fourth-order valence-electron chi connectivity index (χ4n) is 2.75. The first kappa shape index (κ1) is 19.7. The highest BCUT2D eigenvalue weighted by Gasteiger charge is 2.27. The average molecular weight is 401 g/mol. The van der Waals surface area contributed by atoms with E-state index in [1.165, 1.54) is 32.4 Å². The molecule has 28 heavy (non-hydrogen) atoms. The molecular weight excluding hydrogens is 381 g/mol. The first-order valence-electron chi connectivity index (χ1n) is 8.50. The van der Waals surface area contributed by atoms with E-state index in [2.05, 4.69) is 0 Å². The highest BCUT2D eigenvalue weighted by molar-refractivity contribution is 7.92. The first-order valence-corrected chi connectivity index (χ1v) is 9.94. The van der Waals surface area contributed by atoms with Crippen molar-refractivity contribution in [2.45, 2.75) is 11.4 Å². The smallest absolute Gasteiger partial charge is 0.264 e. The Morgan fingerprint density at radius 3 is 2.18 bits per heavy atom. The van der Waals surface area contributed by atoms with Gasteiger partial charge in [0.15, 0.2) is 0 Å². The summed E-state index contributed by atoms with van der Waals surface area (Å²) in [5.41, 5.74) is 0.627. The molecule has 5 nitrogen and oxygen atoms in total. The molecule has 0 N–H and O–H groups in total. The number of benzene rings is 3. The Hall–Kier alpha value is -3.06. The zero-order valence-electron chi connectivity index (χ0n) is 15.5. The van der Waals surface area contributed by atoms with Crippen LogP contribution >= 0.6 is 0 Å². The topological polar surface area (TPSA) is 55.8 Å². The zero-order chi connectivity index (χ0) is 20.1. The fraction of sp³-hybridized carbons (Fsp3) is 0.143. The molecule has 3 aromatic rings. The van der Waals surface area contributed by atoms with Gasteiger partial charge in [0.2, 0.25) is 0 Å². The quantitative estimate of drug-likeness (QED) is 0.594. The van der Waals surface area contributed by atoms with Crippen LogP contribution in [0, 0.1) is 5.82 Å². The van der Waals surface area contributed by atoms with Crippen LogP contribution in [-0.2, 0) is 16.6 Å². The Kier molecular flexibility index (Phi) is 5.84. The van der Waals surface area contributed by atoms with Crippen LogP contribution in [-0.4, -0.2) is 22.6 Å². The summed E-state index contributed by atoms with van der Waals surface area (Å²) in [6.45, 7) is -0.167. The SMILES string of the molecule is COc1cccc(N(Cc2ccccc2F)S(=O)(=O)c2cccc(OC)c2)c1. The van der Waals surface area contributed by atoms with Crippen molar-refractivity contribution >= 4 is 15.7 Å². The minimum absolute atomic E-state index is 0.0472. The van der Waals surface area contributed by atoms with Gasteiger partial charge in [-0.1, -0.05) is 30.3 Å². The Morgan fingerprint density at radius 1 is 0.857 bits per heavy atom. The molecule has 0 bridgehead atoms. The van der Waals surface area contributed by atoms with Crippen LogP contribution in [0.2, 0.25) is 0 Å². The third-order valence-electron chi connectivity index (χ3n) is 4.24. The van der Waals surface area contributed by atoms with Crippen LogP contribution in [0.5, 0.6) is 11.5 Å². The lowest BCUT2D eigenvalue weighted by molar-refractivity contribution is 0.413. The Labute approximate surface area is 164 Å². The predicted molar refractivity (Wildman–Crippen MR) is 106 cm³/mol. The van der Waals surface area contributed by atoms with Crippen molar-refractivity contribution in [3.63, 3.8) is 0 Å². The normalized spacial score (nSPS) is 11.1. The predicted octanol–water partition coefficient (Wildman–Crippen LogP) is 4.24. The Balaban J connectivity index is 2.12. The molecule has 0 aromatic heterocycles. The van der Waals surface area contributed by atoms with Crippen molar-refractivity contribution in [2.75, 3.05) is 18.5 Å². The van der Waals surface area contributed by atoms with Gasteiger partial charge in [-0.05, 0) is 30.3 Å². The number of halogens is 1. The summed E-state index contributed by atoms with van der Waals surface area (Å²) in [5.74, 6) is 0.436. The van der Waals surface area contributed by atoms with Crippen LogP contribution in [0.3, 0.4) is 0 Å². The number of anilines is 1. The molecular formula is C21H20FNO4S. The van der Waals surface area contributed by atoms with E-state index >= 15 is 0 Å². The zero-order valence-corrected chi connectivity index (χ0v) is 16.3. The molecule has 0 aliphatic carbocycles. The van der Waals surface area contributed by atoms with Crippen molar-refractivity contribution in [3.8, 4) is 11.5 Å². The molecule has 146 valence electrons. The van der Waals surface area contributed by atoms with E-state index in [0.29, 0.717) is 17.2 Å². The maximum absolute atomic E-state index is 14.3. The van der Waals surface area contributed by atoms with Gasteiger partial charge in [-0.2, -0.15) is 0 Å². The van der Waals surface area contributed by atoms with Crippen molar-refractivity contribution in [1.82, 2.24) is 0 Å². The van der Waals surface area contributed by atoms with Gasteiger partial charge in [0.1, 0.15) is 17.3 Å². The molecule has 0 fully saturated rings.